The van der Waals surface area contributed by atoms with E-state index >= 15 is 0 Å². The Bertz CT molecular complexity index is 551. The summed E-state index contributed by atoms with van der Waals surface area (Å²) < 4.78 is 5.81. The van der Waals surface area contributed by atoms with Gasteiger partial charge in [-0.3, -0.25) is 4.79 Å². The molecule has 1 aromatic carbocycles. The molecule has 24 heavy (non-hydrogen) atoms. The number of benzene rings is 1. The van der Waals surface area contributed by atoms with Crippen molar-refractivity contribution in [1.82, 2.24) is 4.90 Å². The molecule has 1 fully saturated rings. The first-order valence-corrected chi connectivity index (χ1v) is 9.46. The van der Waals surface area contributed by atoms with Gasteiger partial charge in [0.1, 0.15) is 0 Å². The minimum absolute atomic E-state index is 0.256. The molecule has 0 spiro atoms. The van der Waals surface area contributed by atoms with Crippen molar-refractivity contribution in [2.45, 2.75) is 57.5 Å². The van der Waals surface area contributed by atoms with E-state index in [4.69, 9.17) is 10.5 Å². The van der Waals surface area contributed by atoms with Gasteiger partial charge in [0.2, 0.25) is 5.91 Å². The molecule has 2 aliphatic rings. The fraction of sp³-hybridized carbons (Fsp3) is 0.650. The molecule has 1 saturated heterocycles. The van der Waals surface area contributed by atoms with E-state index in [0.717, 1.165) is 39.0 Å². The molecule has 2 N–H and O–H groups in total. The van der Waals surface area contributed by atoms with Crippen LogP contribution in [0.1, 0.15) is 48.8 Å². The molecule has 0 bridgehead atoms. The number of carbonyl (C=O) groups excluding carboxylic acids is 1. The zero-order valence-corrected chi connectivity index (χ0v) is 14.6. The lowest BCUT2D eigenvalue weighted by molar-refractivity contribution is -0.133. The minimum Gasteiger partial charge on any atom is -0.378 e. The van der Waals surface area contributed by atoms with Crippen molar-refractivity contribution in [3.63, 3.8) is 0 Å². The molecule has 1 aliphatic heterocycles. The van der Waals surface area contributed by atoms with E-state index in [9.17, 15) is 4.79 Å². The second-order valence-electron chi connectivity index (χ2n) is 7.08. The topological polar surface area (TPSA) is 55.6 Å². The maximum atomic E-state index is 12.6. The third kappa shape index (κ3) is 4.58. The van der Waals surface area contributed by atoms with Crippen LogP contribution in [0.15, 0.2) is 18.2 Å². The lowest BCUT2D eigenvalue weighted by Crippen LogP contribution is -2.41. The molecule has 0 aromatic heterocycles. The Balaban J connectivity index is 1.47. The second kappa shape index (κ2) is 8.63. The molecule has 0 unspecified atom stereocenters. The van der Waals surface area contributed by atoms with Gasteiger partial charge in [-0.05, 0) is 68.2 Å². The molecule has 3 rings (SSSR count). The maximum absolute atomic E-state index is 12.6. The molecule has 1 aliphatic carbocycles. The quantitative estimate of drug-likeness (QED) is 0.815. The average molecular weight is 330 g/mol. The van der Waals surface area contributed by atoms with Gasteiger partial charge in [0, 0.05) is 19.7 Å². The van der Waals surface area contributed by atoms with Crippen LogP contribution >= 0.6 is 0 Å². The van der Waals surface area contributed by atoms with Gasteiger partial charge in [0.15, 0.2) is 0 Å². The number of nitrogens with zero attached hydrogens (tertiary/aromatic N) is 1. The summed E-state index contributed by atoms with van der Waals surface area (Å²) in [4.78, 5) is 14.6. The van der Waals surface area contributed by atoms with E-state index < -0.39 is 0 Å². The van der Waals surface area contributed by atoms with Crippen molar-refractivity contribution >= 4 is 5.91 Å². The van der Waals surface area contributed by atoms with Gasteiger partial charge in [0.25, 0.3) is 0 Å². The highest BCUT2D eigenvalue weighted by atomic mass is 16.5. The standard InChI is InChI=1S/C20H30N2O2/c21-10-3-13-24-19-8-11-22(12-9-19)20(23)15-16-6-7-17-4-1-2-5-18(17)14-16/h6-7,14,19H,1-5,8-13,15,21H2. The number of aryl methyl sites for hydroxylation is 2. The average Bonchev–Trinajstić information content (AvgIpc) is 2.62. The summed E-state index contributed by atoms with van der Waals surface area (Å²) in [6.45, 7) is 3.05. The molecule has 1 amide bonds. The summed E-state index contributed by atoms with van der Waals surface area (Å²) in [6.07, 6.45) is 8.58. The van der Waals surface area contributed by atoms with Gasteiger partial charge in [-0.15, -0.1) is 0 Å². The van der Waals surface area contributed by atoms with Crippen LogP contribution in [0.5, 0.6) is 0 Å². The predicted molar refractivity (Wildman–Crippen MR) is 96.0 cm³/mol. The molecule has 0 radical (unpaired) electrons. The summed E-state index contributed by atoms with van der Waals surface area (Å²) in [6, 6.07) is 6.63. The van der Waals surface area contributed by atoms with Crippen LogP contribution in [0.25, 0.3) is 0 Å². The molecule has 1 aromatic rings. The Morgan fingerprint density at radius 1 is 1.17 bits per heavy atom. The third-order valence-corrected chi connectivity index (χ3v) is 5.26. The summed E-state index contributed by atoms with van der Waals surface area (Å²) >= 11 is 0. The van der Waals surface area contributed by atoms with Crippen molar-refractivity contribution < 1.29 is 9.53 Å². The zero-order chi connectivity index (χ0) is 16.8. The number of rotatable bonds is 6. The van der Waals surface area contributed by atoms with Crippen molar-refractivity contribution in [2.75, 3.05) is 26.2 Å². The van der Waals surface area contributed by atoms with Gasteiger partial charge >= 0.3 is 0 Å². The minimum atomic E-state index is 0.256. The number of ether oxygens (including phenoxy) is 1. The third-order valence-electron chi connectivity index (χ3n) is 5.26. The number of hydrogen-bond acceptors (Lipinski definition) is 3. The number of carbonyl (C=O) groups is 1. The molecule has 0 saturated carbocycles. The van der Waals surface area contributed by atoms with Crippen LogP contribution in [0.4, 0.5) is 0 Å². The molecule has 0 atom stereocenters. The normalized spacial score (nSPS) is 18.5. The Morgan fingerprint density at radius 2 is 1.92 bits per heavy atom. The number of fused-ring (bicyclic) bond motifs is 1. The van der Waals surface area contributed by atoms with E-state index in [2.05, 4.69) is 18.2 Å². The first kappa shape index (κ1) is 17.4. The van der Waals surface area contributed by atoms with Crippen molar-refractivity contribution in [2.24, 2.45) is 5.73 Å². The SMILES string of the molecule is NCCCOC1CCN(C(=O)Cc2ccc3c(c2)CCCC3)CC1. The van der Waals surface area contributed by atoms with Gasteiger partial charge < -0.3 is 15.4 Å². The highest BCUT2D eigenvalue weighted by Gasteiger charge is 2.23. The smallest absolute Gasteiger partial charge is 0.226 e. The maximum Gasteiger partial charge on any atom is 0.226 e. The Kier molecular flexibility index (Phi) is 6.27. The largest absolute Gasteiger partial charge is 0.378 e. The van der Waals surface area contributed by atoms with Crippen LogP contribution in [-0.2, 0) is 28.8 Å². The lowest BCUT2D eigenvalue weighted by Gasteiger charge is -2.32. The molecular formula is C20H30N2O2. The van der Waals surface area contributed by atoms with Gasteiger partial charge in [-0.1, -0.05) is 18.2 Å². The fourth-order valence-electron chi connectivity index (χ4n) is 3.79. The zero-order valence-electron chi connectivity index (χ0n) is 14.6. The molecular weight excluding hydrogens is 300 g/mol. The van der Waals surface area contributed by atoms with Crippen LogP contribution in [0, 0.1) is 0 Å². The highest BCUT2D eigenvalue weighted by molar-refractivity contribution is 5.79. The second-order valence-corrected chi connectivity index (χ2v) is 7.08. The fourth-order valence-corrected chi connectivity index (χ4v) is 3.79. The van der Waals surface area contributed by atoms with Crippen LogP contribution < -0.4 is 5.73 Å². The lowest BCUT2D eigenvalue weighted by atomic mass is 9.90. The van der Waals surface area contributed by atoms with Gasteiger partial charge in [0.05, 0.1) is 12.5 Å². The predicted octanol–water partition coefficient (Wildman–Crippen LogP) is 2.46. The van der Waals surface area contributed by atoms with E-state index in [0.29, 0.717) is 19.1 Å². The van der Waals surface area contributed by atoms with Crippen LogP contribution in [0.2, 0.25) is 0 Å². The molecule has 4 nitrogen and oxygen atoms in total. The van der Waals surface area contributed by atoms with Crippen molar-refractivity contribution in [3.05, 3.63) is 34.9 Å². The Morgan fingerprint density at radius 3 is 2.67 bits per heavy atom. The molecule has 1 heterocycles. The molecule has 4 heteroatoms. The van der Waals surface area contributed by atoms with E-state index in [-0.39, 0.29) is 5.91 Å². The summed E-state index contributed by atoms with van der Waals surface area (Å²) in [5, 5.41) is 0. The number of piperidine rings is 1. The van der Waals surface area contributed by atoms with Gasteiger partial charge in [-0.25, -0.2) is 0 Å². The number of amides is 1. The van der Waals surface area contributed by atoms with Crippen LogP contribution in [-0.4, -0.2) is 43.2 Å². The van der Waals surface area contributed by atoms with E-state index in [1.165, 1.54) is 42.4 Å². The van der Waals surface area contributed by atoms with Gasteiger partial charge in [-0.2, -0.15) is 0 Å². The first-order valence-electron chi connectivity index (χ1n) is 9.46. The van der Waals surface area contributed by atoms with Crippen molar-refractivity contribution in [3.8, 4) is 0 Å². The van der Waals surface area contributed by atoms with Crippen molar-refractivity contribution in [1.29, 1.82) is 0 Å². The van der Waals surface area contributed by atoms with Crippen LogP contribution in [0.3, 0.4) is 0 Å². The Hall–Kier alpha value is -1.39. The van der Waals surface area contributed by atoms with E-state index in [1.807, 2.05) is 4.90 Å². The monoisotopic (exact) mass is 330 g/mol. The van der Waals surface area contributed by atoms with E-state index in [1.54, 1.807) is 0 Å². The summed E-state index contributed by atoms with van der Waals surface area (Å²) in [5.41, 5.74) is 9.59. The number of likely N-dealkylation sites (tertiary alicyclic amines) is 1. The number of nitrogens with two attached hydrogens (primary N) is 1. The summed E-state index contributed by atoms with van der Waals surface area (Å²) in [7, 11) is 0. The first-order chi connectivity index (χ1) is 11.8. The highest BCUT2D eigenvalue weighted by Crippen LogP contribution is 2.23. The number of hydrogen-bond donors (Lipinski definition) is 1. The Labute approximate surface area is 145 Å². The summed E-state index contributed by atoms with van der Waals surface area (Å²) in [5.74, 6) is 0.256. The molecule has 132 valence electrons.